The van der Waals surface area contributed by atoms with Crippen LogP contribution in [-0.2, 0) is 4.79 Å². The second kappa shape index (κ2) is 8.44. The number of benzene rings is 2. The van der Waals surface area contributed by atoms with Crippen LogP contribution in [0.1, 0.15) is 41.0 Å². The smallest absolute Gasteiger partial charge is 0.261 e. The van der Waals surface area contributed by atoms with Crippen LogP contribution in [0.5, 0.6) is 0 Å². The Morgan fingerprint density at radius 1 is 1.00 bits per heavy atom. The van der Waals surface area contributed by atoms with E-state index in [2.05, 4.69) is 24.1 Å². The van der Waals surface area contributed by atoms with E-state index < -0.39 is 11.8 Å². The fraction of sp³-hybridized carbons (Fsp3) is 0.286. The Morgan fingerprint density at radius 3 is 2.29 bits per heavy atom. The lowest BCUT2D eigenvalue weighted by molar-refractivity contribution is -0.116. The average Bonchev–Trinajstić information content (AvgIpc) is 2.92. The van der Waals surface area contributed by atoms with Gasteiger partial charge in [-0.3, -0.25) is 19.3 Å². The minimum atomic E-state index is -0.418. The van der Waals surface area contributed by atoms with Crippen molar-refractivity contribution in [1.29, 1.82) is 0 Å². The van der Waals surface area contributed by atoms with Gasteiger partial charge in [0, 0.05) is 42.5 Å². The van der Waals surface area contributed by atoms with Crippen LogP contribution in [0.4, 0.5) is 11.4 Å². The maximum Gasteiger partial charge on any atom is 0.261 e. The third kappa shape index (κ3) is 4.02. The van der Waals surface area contributed by atoms with Crippen molar-refractivity contribution in [2.45, 2.75) is 20.3 Å². The van der Waals surface area contributed by atoms with Gasteiger partial charge in [0.25, 0.3) is 11.8 Å². The van der Waals surface area contributed by atoms with Crippen molar-refractivity contribution in [3.8, 4) is 0 Å². The first-order valence-electron chi connectivity index (χ1n) is 9.25. The number of rotatable bonds is 7. The van der Waals surface area contributed by atoms with E-state index >= 15 is 0 Å². The molecule has 7 heteroatoms. The number of fused-ring (bicyclic) bond motifs is 1. The Bertz CT molecular complexity index is 908. The second-order valence-corrected chi connectivity index (χ2v) is 6.91. The van der Waals surface area contributed by atoms with Gasteiger partial charge in [-0.25, -0.2) is 0 Å². The number of anilines is 2. The maximum absolute atomic E-state index is 12.4. The molecule has 28 heavy (non-hydrogen) atoms. The monoisotopic (exact) mass is 399 g/mol. The maximum atomic E-state index is 12.4. The zero-order chi connectivity index (χ0) is 20.3. The van der Waals surface area contributed by atoms with Gasteiger partial charge in [-0.15, -0.1) is 0 Å². The van der Waals surface area contributed by atoms with Crippen molar-refractivity contribution in [1.82, 2.24) is 4.90 Å². The average molecular weight is 400 g/mol. The molecule has 0 aliphatic carbocycles. The molecule has 0 fully saturated rings. The zero-order valence-electron chi connectivity index (χ0n) is 15.9. The predicted molar refractivity (Wildman–Crippen MR) is 110 cm³/mol. The largest absolute Gasteiger partial charge is 0.372 e. The fourth-order valence-electron chi connectivity index (χ4n) is 3.25. The lowest BCUT2D eigenvalue weighted by atomic mass is 10.1. The SMILES string of the molecule is CCN(CC)c1ccc(NC(=O)CCN2C(=O)c3ccc(Cl)cc3C2=O)cc1. The summed E-state index contributed by atoms with van der Waals surface area (Å²) in [5.74, 6) is -1.07. The first kappa shape index (κ1) is 19.9. The van der Waals surface area contributed by atoms with Gasteiger partial charge in [0.2, 0.25) is 5.91 Å². The third-order valence-electron chi connectivity index (χ3n) is 4.77. The van der Waals surface area contributed by atoms with E-state index in [1.165, 1.54) is 12.1 Å². The first-order valence-corrected chi connectivity index (χ1v) is 9.63. The van der Waals surface area contributed by atoms with Gasteiger partial charge < -0.3 is 10.2 Å². The number of halogens is 1. The van der Waals surface area contributed by atoms with Crippen molar-refractivity contribution in [3.05, 3.63) is 58.6 Å². The minimum Gasteiger partial charge on any atom is -0.372 e. The molecular formula is C21H22ClN3O3. The summed E-state index contributed by atoms with van der Waals surface area (Å²) >= 11 is 5.90. The summed E-state index contributed by atoms with van der Waals surface area (Å²) in [6.45, 7) is 6.02. The van der Waals surface area contributed by atoms with Crippen LogP contribution in [0, 0.1) is 0 Å². The van der Waals surface area contributed by atoms with Crippen molar-refractivity contribution in [2.75, 3.05) is 29.9 Å². The van der Waals surface area contributed by atoms with E-state index in [4.69, 9.17) is 11.6 Å². The molecule has 0 saturated heterocycles. The Balaban J connectivity index is 1.58. The van der Waals surface area contributed by atoms with E-state index in [0.29, 0.717) is 16.3 Å². The molecule has 0 saturated carbocycles. The molecule has 3 rings (SSSR count). The second-order valence-electron chi connectivity index (χ2n) is 6.47. The number of carbonyl (C=O) groups is 3. The van der Waals surface area contributed by atoms with Gasteiger partial charge >= 0.3 is 0 Å². The van der Waals surface area contributed by atoms with E-state index in [1.54, 1.807) is 6.07 Å². The molecule has 2 aromatic rings. The normalized spacial score (nSPS) is 12.9. The van der Waals surface area contributed by atoms with Gasteiger partial charge in [-0.05, 0) is 56.3 Å². The lowest BCUT2D eigenvalue weighted by Gasteiger charge is -2.21. The highest BCUT2D eigenvalue weighted by Gasteiger charge is 2.35. The molecule has 1 aliphatic heterocycles. The van der Waals surface area contributed by atoms with E-state index in [-0.39, 0.29) is 24.4 Å². The van der Waals surface area contributed by atoms with Crippen LogP contribution in [0.2, 0.25) is 5.02 Å². The standard InChI is InChI=1S/C21H22ClN3O3/c1-3-24(4-2)16-8-6-15(7-9-16)23-19(26)11-12-25-20(27)17-10-5-14(22)13-18(17)21(25)28/h5-10,13H,3-4,11-12H2,1-2H3,(H,23,26). The summed E-state index contributed by atoms with van der Waals surface area (Å²) < 4.78 is 0. The van der Waals surface area contributed by atoms with E-state index in [9.17, 15) is 14.4 Å². The van der Waals surface area contributed by atoms with Crippen LogP contribution in [0.15, 0.2) is 42.5 Å². The molecule has 0 spiro atoms. The number of hydrogen-bond acceptors (Lipinski definition) is 4. The molecule has 0 bridgehead atoms. The fourth-order valence-corrected chi connectivity index (χ4v) is 3.42. The van der Waals surface area contributed by atoms with Gasteiger partial charge in [0.05, 0.1) is 11.1 Å². The van der Waals surface area contributed by atoms with Crippen LogP contribution < -0.4 is 10.2 Å². The molecule has 146 valence electrons. The number of imide groups is 1. The third-order valence-corrected chi connectivity index (χ3v) is 5.01. The first-order chi connectivity index (χ1) is 13.4. The number of hydrogen-bond donors (Lipinski definition) is 1. The molecule has 1 N–H and O–H groups in total. The van der Waals surface area contributed by atoms with Crippen LogP contribution in [-0.4, -0.2) is 42.3 Å². The molecule has 3 amide bonds. The molecule has 1 heterocycles. The van der Waals surface area contributed by atoms with Crippen LogP contribution >= 0.6 is 11.6 Å². The predicted octanol–water partition coefficient (Wildman–Crippen LogP) is 3.81. The Hall–Kier alpha value is -2.86. The summed E-state index contributed by atoms with van der Waals surface area (Å²) in [4.78, 5) is 40.3. The van der Waals surface area contributed by atoms with Crippen molar-refractivity contribution < 1.29 is 14.4 Å². The van der Waals surface area contributed by atoms with E-state index in [1.807, 2.05) is 24.3 Å². The number of nitrogens with zero attached hydrogens (tertiary/aromatic N) is 2. The van der Waals surface area contributed by atoms with Gasteiger partial charge in [-0.1, -0.05) is 11.6 Å². The lowest BCUT2D eigenvalue weighted by Crippen LogP contribution is -2.32. The Labute approximate surface area is 169 Å². The molecule has 0 aromatic heterocycles. The molecule has 0 atom stereocenters. The van der Waals surface area contributed by atoms with Crippen molar-refractivity contribution in [2.24, 2.45) is 0 Å². The van der Waals surface area contributed by atoms with Gasteiger partial charge in [-0.2, -0.15) is 0 Å². The summed E-state index contributed by atoms with van der Waals surface area (Å²) in [5, 5.41) is 3.20. The Morgan fingerprint density at radius 2 is 1.64 bits per heavy atom. The molecular weight excluding hydrogens is 378 g/mol. The molecule has 0 unspecified atom stereocenters. The highest BCUT2D eigenvalue weighted by molar-refractivity contribution is 6.32. The Kier molecular flexibility index (Phi) is 5.99. The molecule has 0 radical (unpaired) electrons. The van der Waals surface area contributed by atoms with Gasteiger partial charge in [0.1, 0.15) is 0 Å². The summed E-state index contributed by atoms with van der Waals surface area (Å²) in [6.07, 6.45) is 0.0248. The zero-order valence-corrected chi connectivity index (χ0v) is 16.6. The molecule has 6 nitrogen and oxygen atoms in total. The number of nitrogens with one attached hydrogen (secondary N) is 1. The quantitative estimate of drug-likeness (QED) is 0.719. The highest BCUT2D eigenvalue weighted by atomic mass is 35.5. The topological polar surface area (TPSA) is 69.7 Å². The van der Waals surface area contributed by atoms with Crippen molar-refractivity contribution >= 4 is 40.7 Å². The number of amides is 3. The van der Waals surface area contributed by atoms with Crippen LogP contribution in [0.25, 0.3) is 0 Å². The highest BCUT2D eigenvalue weighted by Crippen LogP contribution is 2.26. The molecule has 1 aliphatic rings. The summed E-state index contributed by atoms with van der Waals surface area (Å²) in [5.41, 5.74) is 2.37. The summed E-state index contributed by atoms with van der Waals surface area (Å²) in [7, 11) is 0. The molecule has 2 aromatic carbocycles. The van der Waals surface area contributed by atoms with Crippen molar-refractivity contribution in [3.63, 3.8) is 0 Å². The number of carbonyl (C=O) groups excluding carboxylic acids is 3. The van der Waals surface area contributed by atoms with Crippen LogP contribution in [0.3, 0.4) is 0 Å². The minimum absolute atomic E-state index is 0.0212. The van der Waals surface area contributed by atoms with E-state index in [0.717, 1.165) is 23.7 Å². The summed E-state index contributed by atoms with van der Waals surface area (Å²) in [6, 6.07) is 12.2. The van der Waals surface area contributed by atoms with Gasteiger partial charge in [0.15, 0.2) is 0 Å².